The Kier molecular flexibility index (Phi) is 5.01. The summed E-state index contributed by atoms with van der Waals surface area (Å²) in [7, 11) is -3.09. The molecule has 5 rings (SSSR count). The molecule has 180 valence electrons. The second kappa shape index (κ2) is 7.59. The van der Waals surface area contributed by atoms with Gasteiger partial charge in [0.2, 0.25) is 6.79 Å². The Balaban J connectivity index is 1.38. The highest BCUT2D eigenvalue weighted by Gasteiger charge is 2.50. The molecule has 3 aliphatic rings. The van der Waals surface area contributed by atoms with Crippen LogP contribution in [0.1, 0.15) is 46.7 Å². The van der Waals surface area contributed by atoms with E-state index in [1.807, 2.05) is 11.5 Å². The Morgan fingerprint density at radius 3 is 2.62 bits per heavy atom. The van der Waals surface area contributed by atoms with E-state index in [-0.39, 0.29) is 24.3 Å². The summed E-state index contributed by atoms with van der Waals surface area (Å²) < 4.78 is 36.4. The smallest absolute Gasteiger partial charge is 0.325 e. The van der Waals surface area contributed by atoms with E-state index in [9.17, 15) is 22.8 Å². The van der Waals surface area contributed by atoms with Gasteiger partial charge in [-0.2, -0.15) is 0 Å². The number of urea groups is 1. The number of ketones is 1. The predicted octanol–water partition coefficient (Wildman–Crippen LogP) is 1.84. The van der Waals surface area contributed by atoms with E-state index in [1.165, 1.54) is 0 Å². The summed E-state index contributed by atoms with van der Waals surface area (Å²) in [6.07, 6.45) is 0.493. The van der Waals surface area contributed by atoms with Crippen molar-refractivity contribution in [3.8, 4) is 11.5 Å². The molecule has 0 spiro atoms. The Morgan fingerprint density at radius 2 is 1.91 bits per heavy atom. The lowest BCUT2D eigenvalue weighted by atomic mass is 9.91. The van der Waals surface area contributed by atoms with Crippen molar-refractivity contribution in [2.45, 2.75) is 38.8 Å². The van der Waals surface area contributed by atoms with Crippen molar-refractivity contribution in [2.75, 3.05) is 24.8 Å². The van der Waals surface area contributed by atoms with Crippen molar-refractivity contribution in [1.82, 2.24) is 14.8 Å². The first kappa shape index (κ1) is 22.5. The van der Waals surface area contributed by atoms with Crippen molar-refractivity contribution in [3.63, 3.8) is 0 Å². The Hall–Kier alpha value is -3.34. The van der Waals surface area contributed by atoms with Crippen molar-refractivity contribution < 1.29 is 32.3 Å². The SMILES string of the molecule is Cc1cc(C(=O)CN2C(=O)N[C@@](C)(c3ccc4c(c3)OCO4)C2=O)c(C)n1[C@H]1CCS(=O)(=O)C1. The zero-order chi connectivity index (χ0) is 24.4. The van der Waals surface area contributed by atoms with Crippen LogP contribution in [0.15, 0.2) is 24.3 Å². The lowest BCUT2D eigenvalue weighted by Crippen LogP contribution is -2.41. The van der Waals surface area contributed by atoms with Gasteiger partial charge in [0.15, 0.2) is 27.1 Å². The minimum Gasteiger partial charge on any atom is -0.454 e. The largest absolute Gasteiger partial charge is 0.454 e. The molecule has 2 fully saturated rings. The van der Waals surface area contributed by atoms with Gasteiger partial charge in [-0.15, -0.1) is 0 Å². The number of sulfone groups is 1. The number of hydrogen-bond donors (Lipinski definition) is 1. The number of rotatable bonds is 5. The standard InChI is InChI=1S/C23H25N3O7S/c1-13-8-17(14(2)26(13)16-6-7-34(30,31)11-16)18(27)10-25-21(28)23(3,24-22(25)29)15-4-5-19-20(9-15)33-12-32-19/h4-5,8-9,16H,6-7,10-12H2,1-3H3,(H,24,29)/t16-,23-/m0/s1. The van der Waals surface area contributed by atoms with E-state index in [2.05, 4.69) is 5.32 Å². The number of carbonyl (C=O) groups is 3. The first-order valence-corrected chi connectivity index (χ1v) is 12.8. The molecule has 4 heterocycles. The maximum absolute atomic E-state index is 13.3. The van der Waals surface area contributed by atoms with Crippen LogP contribution in [0.3, 0.4) is 0 Å². The van der Waals surface area contributed by atoms with Gasteiger partial charge in [-0.05, 0) is 51.0 Å². The lowest BCUT2D eigenvalue weighted by Gasteiger charge is -2.22. The van der Waals surface area contributed by atoms with E-state index in [0.717, 1.165) is 10.6 Å². The molecule has 3 aliphatic heterocycles. The molecule has 1 aromatic heterocycles. The average Bonchev–Trinajstić information content (AvgIpc) is 3.50. The van der Waals surface area contributed by atoms with Crippen LogP contribution >= 0.6 is 0 Å². The molecular formula is C23H25N3O7S. The summed E-state index contributed by atoms with van der Waals surface area (Å²) in [5, 5.41) is 2.70. The Morgan fingerprint density at radius 1 is 1.18 bits per heavy atom. The van der Waals surface area contributed by atoms with Gasteiger partial charge < -0.3 is 19.4 Å². The van der Waals surface area contributed by atoms with Crippen LogP contribution in [0.25, 0.3) is 0 Å². The van der Waals surface area contributed by atoms with Crippen LogP contribution in [0.5, 0.6) is 11.5 Å². The fourth-order valence-corrected chi connectivity index (χ4v) is 6.77. The molecule has 0 unspecified atom stereocenters. The number of nitrogens with one attached hydrogen (secondary N) is 1. The maximum atomic E-state index is 13.3. The van der Waals surface area contributed by atoms with Crippen molar-refractivity contribution in [3.05, 3.63) is 46.8 Å². The normalized spacial score (nSPS) is 25.1. The molecule has 0 bridgehead atoms. The number of aryl methyl sites for hydroxylation is 1. The molecule has 11 heteroatoms. The molecule has 0 saturated carbocycles. The molecule has 2 saturated heterocycles. The third-order valence-corrected chi connectivity index (χ3v) is 8.64. The van der Waals surface area contributed by atoms with Crippen LogP contribution in [-0.4, -0.2) is 60.4 Å². The first-order chi connectivity index (χ1) is 16.0. The number of hydrogen-bond acceptors (Lipinski definition) is 7. The van der Waals surface area contributed by atoms with E-state index in [0.29, 0.717) is 34.7 Å². The summed E-state index contributed by atoms with van der Waals surface area (Å²) in [5.74, 6) is 0.272. The van der Waals surface area contributed by atoms with Gasteiger partial charge in [0.25, 0.3) is 5.91 Å². The quantitative estimate of drug-likeness (QED) is 0.504. The minimum absolute atomic E-state index is 0.0396. The highest BCUT2D eigenvalue weighted by atomic mass is 32.2. The zero-order valence-electron chi connectivity index (χ0n) is 19.1. The van der Waals surface area contributed by atoms with E-state index >= 15 is 0 Å². The van der Waals surface area contributed by atoms with Gasteiger partial charge in [-0.1, -0.05) is 6.07 Å². The highest BCUT2D eigenvalue weighted by molar-refractivity contribution is 7.91. The second-order valence-electron chi connectivity index (χ2n) is 9.15. The van der Waals surface area contributed by atoms with Gasteiger partial charge >= 0.3 is 6.03 Å². The molecule has 2 aromatic rings. The molecule has 10 nitrogen and oxygen atoms in total. The fraction of sp³-hybridized carbons (Fsp3) is 0.435. The van der Waals surface area contributed by atoms with Crippen molar-refractivity contribution >= 4 is 27.6 Å². The summed E-state index contributed by atoms with van der Waals surface area (Å²) in [6, 6.07) is 5.81. The third-order valence-electron chi connectivity index (χ3n) is 6.88. The molecule has 0 aliphatic carbocycles. The Labute approximate surface area is 196 Å². The predicted molar refractivity (Wildman–Crippen MR) is 121 cm³/mol. The van der Waals surface area contributed by atoms with Crippen molar-refractivity contribution in [2.24, 2.45) is 0 Å². The van der Waals surface area contributed by atoms with E-state index < -0.39 is 39.6 Å². The monoisotopic (exact) mass is 487 g/mol. The third kappa shape index (κ3) is 3.46. The van der Waals surface area contributed by atoms with Gasteiger partial charge in [0.05, 0.1) is 18.1 Å². The number of imide groups is 1. The number of benzene rings is 1. The number of carbonyl (C=O) groups excluding carboxylic acids is 3. The summed E-state index contributed by atoms with van der Waals surface area (Å²) in [5.41, 5.74) is 0.943. The second-order valence-corrected chi connectivity index (χ2v) is 11.4. The number of aromatic nitrogens is 1. The number of amides is 3. The van der Waals surface area contributed by atoms with Gasteiger partial charge in [0, 0.05) is 23.0 Å². The van der Waals surface area contributed by atoms with Crippen LogP contribution in [0, 0.1) is 13.8 Å². The zero-order valence-corrected chi connectivity index (χ0v) is 19.9. The number of Topliss-reactive ketones (excluding diaryl/α,β-unsaturated/α-hetero) is 1. The van der Waals surface area contributed by atoms with E-state index in [1.54, 1.807) is 38.1 Å². The number of ether oxygens (including phenoxy) is 2. The molecule has 1 aromatic carbocycles. The summed E-state index contributed by atoms with van der Waals surface area (Å²) >= 11 is 0. The molecule has 1 N–H and O–H groups in total. The number of fused-ring (bicyclic) bond motifs is 1. The van der Waals surface area contributed by atoms with Crippen LogP contribution in [0.4, 0.5) is 4.79 Å². The van der Waals surface area contributed by atoms with Crippen LogP contribution < -0.4 is 14.8 Å². The summed E-state index contributed by atoms with van der Waals surface area (Å²) in [6.45, 7) is 4.83. The van der Waals surface area contributed by atoms with Gasteiger partial charge in [0.1, 0.15) is 5.54 Å². The van der Waals surface area contributed by atoms with Gasteiger partial charge in [-0.25, -0.2) is 13.2 Å². The number of nitrogens with zero attached hydrogens (tertiary/aromatic N) is 2. The molecule has 3 amide bonds. The topological polar surface area (TPSA) is 124 Å². The van der Waals surface area contributed by atoms with Crippen molar-refractivity contribution in [1.29, 1.82) is 0 Å². The fourth-order valence-electron chi connectivity index (χ4n) is 5.07. The molecule has 0 radical (unpaired) electrons. The first-order valence-electron chi connectivity index (χ1n) is 11.0. The van der Waals surface area contributed by atoms with Gasteiger partial charge in [-0.3, -0.25) is 14.5 Å². The minimum atomic E-state index is -3.09. The molecular weight excluding hydrogens is 462 g/mol. The maximum Gasteiger partial charge on any atom is 0.325 e. The summed E-state index contributed by atoms with van der Waals surface area (Å²) in [4.78, 5) is 40.1. The molecule has 34 heavy (non-hydrogen) atoms. The average molecular weight is 488 g/mol. The highest BCUT2D eigenvalue weighted by Crippen LogP contribution is 2.38. The van der Waals surface area contributed by atoms with Crippen LogP contribution in [0.2, 0.25) is 0 Å². The Bertz CT molecular complexity index is 1350. The van der Waals surface area contributed by atoms with Crippen LogP contribution in [-0.2, 0) is 20.2 Å². The lowest BCUT2D eigenvalue weighted by molar-refractivity contribution is -0.130. The molecule has 2 atom stereocenters. The van der Waals surface area contributed by atoms with E-state index in [4.69, 9.17) is 9.47 Å².